The van der Waals surface area contributed by atoms with Gasteiger partial charge in [0.1, 0.15) is 17.0 Å². The van der Waals surface area contributed by atoms with E-state index in [4.69, 9.17) is 16.0 Å². The Morgan fingerprint density at radius 3 is 2.48 bits per heavy atom. The van der Waals surface area contributed by atoms with Crippen molar-refractivity contribution < 1.29 is 13.9 Å². The second kappa shape index (κ2) is 11.2. The lowest BCUT2D eigenvalue weighted by Gasteiger charge is -2.14. The summed E-state index contributed by atoms with van der Waals surface area (Å²) >= 11 is 6.01. The first-order valence-corrected chi connectivity index (χ1v) is 13.0. The van der Waals surface area contributed by atoms with Crippen LogP contribution in [0.4, 0.5) is 0 Å². The van der Waals surface area contributed by atoms with Gasteiger partial charge in [0.05, 0.1) is 11.7 Å². The van der Waals surface area contributed by atoms with Gasteiger partial charge in [0.2, 0.25) is 0 Å². The molecule has 0 saturated heterocycles. The number of rotatable bonds is 5. The van der Waals surface area contributed by atoms with Crippen LogP contribution in [-0.2, 0) is 16.0 Å². The zero-order valence-corrected chi connectivity index (χ0v) is 23.0. The predicted octanol–water partition coefficient (Wildman–Crippen LogP) is 6.72. The molecule has 6 rings (SSSR count). The van der Waals surface area contributed by atoms with E-state index in [2.05, 4.69) is 32.2 Å². The van der Waals surface area contributed by atoms with E-state index >= 15 is 0 Å². The van der Waals surface area contributed by atoms with Gasteiger partial charge in [-0.15, -0.1) is 5.10 Å². The van der Waals surface area contributed by atoms with Gasteiger partial charge < -0.3 is 14.1 Å². The molecule has 0 aliphatic rings. The Labute approximate surface area is 235 Å². The van der Waals surface area contributed by atoms with Crippen molar-refractivity contribution in [2.45, 2.75) is 32.8 Å². The van der Waals surface area contributed by atoms with Crippen LogP contribution >= 0.6 is 11.6 Å². The van der Waals surface area contributed by atoms with Crippen LogP contribution in [0.2, 0.25) is 5.02 Å². The Balaban J connectivity index is 0.000000411. The van der Waals surface area contributed by atoms with Crippen molar-refractivity contribution in [3.8, 4) is 16.9 Å². The number of hydrogen-bond donors (Lipinski definition) is 1. The molecule has 0 atom stereocenters. The molecule has 0 spiro atoms. The van der Waals surface area contributed by atoms with E-state index in [-0.39, 0.29) is 5.60 Å². The van der Waals surface area contributed by atoms with Gasteiger partial charge in [0, 0.05) is 39.5 Å². The fourth-order valence-electron chi connectivity index (χ4n) is 4.25. The van der Waals surface area contributed by atoms with Gasteiger partial charge in [0.15, 0.2) is 5.58 Å². The molecule has 3 aromatic heterocycles. The number of H-pyrrole nitrogens is 1. The van der Waals surface area contributed by atoms with E-state index in [0.29, 0.717) is 17.7 Å². The molecule has 40 heavy (non-hydrogen) atoms. The van der Waals surface area contributed by atoms with Gasteiger partial charge in [-0.3, -0.25) is 4.79 Å². The predicted molar refractivity (Wildman–Crippen MR) is 156 cm³/mol. The van der Waals surface area contributed by atoms with E-state index < -0.39 is 5.63 Å². The quantitative estimate of drug-likeness (QED) is 0.187. The van der Waals surface area contributed by atoms with Crippen LogP contribution in [0.5, 0.6) is 0 Å². The highest BCUT2D eigenvalue weighted by Crippen LogP contribution is 2.29. The number of hydrogen-bond acceptors (Lipinski definition) is 6. The second-order valence-electron chi connectivity index (χ2n) is 10.2. The first kappa shape index (κ1) is 26.9. The van der Waals surface area contributed by atoms with Gasteiger partial charge in [-0.05, 0) is 56.7 Å². The third-order valence-corrected chi connectivity index (χ3v) is 6.32. The molecule has 0 unspecified atom stereocenters. The fourth-order valence-corrected chi connectivity index (χ4v) is 4.38. The van der Waals surface area contributed by atoms with Crippen LogP contribution in [0.15, 0.2) is 94.3 Å². The Morgan fingerprint density at radius 2 is 1.75 bits per heavy atom. The van der Waals surface area contributed by atoms with E-state index in [1.807, 2.05) is 81.6 Å². The number of carbonyl (C=O) groups excluding carboxylic acids is 1. The van der Waals surface area contributed by atoms with Crippen LogP contribution in [-0.4, -0.2) is 32.1 Å². The van der Waals surface area contributed by atoms with Crippen LogP contribution < -0.4 is 5.63 Å². The number of nitrogens with zero attached hydrogens (tertiary/aromatic N) is 3. The van der Waals surface area contributed by atoms with E-state index in [1.54, 1.807) is 10.7 Å². The molecule has 1 N–H and O–H groups in total. The number of fused-ring (bicyclic) bond motifs is 2. The average molecular weight is 555 g/mol. The number of halogens is 1. The molecule has 3 heterocycles. The molecule has 0 fully saturated rings. The van der Waals surface area contributed by atoms with Crippen LogP contribution in [0, 0.1) is 0 Å². The molecule has 0 saturated carbocycles. The lowest BCUT2D eigenvalue weighted by atomic mass is 10.1. The molecule has 9 heteroatoms. The third kappa shape index (κ3) is 6.13. The highest BCUT2D eigenvalue weighted by Gasteiger charge is 2.14. The fraction of sp³-hybridized carbons (Fsp3) is 0.161. The van der Waals surface area contributed by atoms with Gasteiger partial charge in [0.25, 0.3) is 6.47 Å². The Hall–Kier alpha value is -4.69. The molecule has 0 aliphatic heterocycles. The summed E-state index contributed by atoms with van der Waals surface area (Å²) in [5.74, 6) is 0. The summed E-state index contributed by atoms with van der Waals surface area (Å²) < 4.78 is 11.6. The Bertz CT molecular complexity index is 1850. The number of benzene rings is 3. The van der Waals surface area contributed by atoms with Crippen molar-refractivity contribution >= 4 is 39.9 Å². The first-order valence-electron chi connectivity index (χ1n) is 12.6. The van der Waals surface area contributed by atoms with Crippen molar-refractivity contribution in [2.75, 3.05) is 0 Å². The zero-order chi connectivity index (χ0) is 28.3. The van der Waals surface area contributed by atoms with Crippen molar-refractivity contribution in [3.05, 3.63) is 112 Å². The minimum atomic E-state index is -0.403. The van der Waals surface area contributed by atoms with Crippen molar-refractivity contribution in [3.63, 3.8) is 0 Å². The molecule has 202 valence electrons. The zero-order valence-electron chi connectivity index (χ0n) is 22.2. The molecule has 0 amide bonds. The maximum atomic E-state index is 11.8. The standard InChI is InChI=1S/C26H17ClN4O2.C5H10O2/c27-19-10-7-16(8-11-19)13-20-14-18-4-1-5-21(25(18)28-20)22-15-31(30-29-22)23-6-2-3-17-9-12-24(32)33-26(17)23;1-5(2,3)7-4-6/h1-12,14-15,28H,13H2;4H,1-3H3. The van der Waals surface area contributed by atoms with Crippen LogP contribution in [0.3, 0.4) is 0 Å². The normalized spacial score (nSPS) is 11.3. The minimum Gasteiger partial charge on any atom is -0.462 e. The molecule has 8 nitrogen and oxygen atoms in total. The number of aromatic nitrogens is 4. The number of aromatic amines is 1. The number of ether oxygens (including phenoxy) is 1. The smallest absolute Gasteiger partial charge is 0.336 e. The average Bonchev–Trinajstić information content (AvgIpc) is 3.56. The highest BCUT2D eigenvalue weighted by atomic mass is 35.5. The van der Waals surface area contributed by atoms with Crippen molar-refractivity contribution in [1.29, 1.82) is 0 Å². The van der Waals surface area contributed by atoms with E-state index in [0.717, 1.165) is 44.7 Å². The van der Waals surface area contributed by atoms with Crippen molar-refractivity contribution in [2.24, 2.45) is 0 Å². The molecule has 3 aromatic carbocycles. The summed E-state index contributed by atoms with van der Waals surface area (Å²) in [4.78, 5) is 24.9. The maximum absolute atomic E-state index is 11.8. The number of nitrogens with one attached hydrogen (secondary N) is 1. The topological polar surface area (TPSA) is 103 Å². The second-order valence-corrected chi connectivity index (χ2v) is 10.6. The SMILES string of the molecule is CC(C)(C)OC=O.O=c1ccc2cccc(-n3cc(-c4cccc5cc(Cc6ccc(Cl)cc6)[nH]c45)nn3)c2o1. The summed E-state index contributed by atoms with van der Waals surface area (Å²) in [6.07, 6.45) is 2.61. The molecule has 0 bridgehead atoms. The van der Waals surface area contributed by atoms with Crippen molar-refractivity contribution in [1.82, 2.24) is 20.0 Å². The van der Waals surface area contributed by atoms with Gasteiger partial charge in [-0.1, -0.05) is 59.3 Å². The largest absolute Gasteiger partial charge is 0.462 e. The molecule has 6 aromatic rings. The van der Waals surface area contributed by atoms with E-state index in [1.165, 1.54) is 11.6 Å². The Kier molecular flexibility index (Phi) is 7.53. The lowest BCUT2D eigenvalue weighted by molar-refractivity contribution is -0.138. The Morgan fingerprint density at radius 1 is 1.00 bits per heavy atom. The number of carbonyl (C=O) groups is 1. The summed E-state index contributed by atoms with van der Waals surface area (Å²) in [6, 6.07) is 24.9. The molecule has 0 aliphatic carbocycles. The minimum absolute atomic E-state index is 0.318. The van der Waals surface area contributed by atoms with Crippen LogP contribution in [0.1, 0.15) is 32.0 Å². The monoisotopic (exact) mass is 554 g/mol. The molecule has 0 radical (unpaired) electrons. The van der Waals surface area contributed by atoms with Gasteiger partial charge in [-0.25, -0.2) is 9.48 Å². The highest BCUT2D eigenvalue weighted by molar-refractivity contribution is 6.30. The summed E-state index contributed by atoms with van der Waals surface area (Å²) in [5.41, 5.74) is 5.35. The maximum Gasteiger partial charge on any atom is 0.336 e. The van der Waals surface area contributed by atoms with E-state index in [9.17, 15) is 9.59 Å². The van der Waals surface area contributed by atoms with Gasteiger partial charge >= 0.3 is 5.63 Å². The molecular formula is C31H27ClN4O4. The molecular weight excluding hydrogens is 528 g/mol. The third-order valence-electron chi connectivity index (χ3n) is 6.06. The van der Waals surface area contributed by atoms with Gasteiger partial charge in [-0.2, -0.15) is 0 Å². The summed E-state index contributed by atoms with van der Waals surface area (Å²) in [6.45, 7) is 5.92. The first-order chi connectivity index (χ1) is 19.2. The summed E-state index contributed by atoms with van der Waals surface area (Å²) in [5, 5.41) is 11.4. The summed E-state index contributed by atoms with van der Waals surface area (Å²) in [7, 11) is 0. The van der Waals surface area contributed by atoms with Crippen LogP contribution in [0.25, 0.3) is 38.8 Å². The lowest BCUT2D eigenvalue weighted by Crippen LogP contribution is -2.17. The number of para-hydroxylation sites is 2.